The number of carbonyl (C=O) groups is 1. The number of piperazine rings is 1. The summed E-state index contributed by atoms with van der Waals surface area (Å²) >= 11 is 0. The molecule has 1 fully saturated rings. The van der Waals surface area contributed by atoms with Gasteiger partial charge < -0.3 is 10.2 Å². The third kappa shape index (κ3) is 5.55. The molecule has 144 valence electrons. The van der Waals surface area contributed by atoms with Crippen molar-refractivity contribution in [3.63, 3.8) is 0 Å². The first-order valence-electron chi connectivity index (χ1n) is 9.06. The van der Waals surface area contributed by atoms with Crippen molar-refractivity contribution in [2.75, 3.05) is 42.7 Å². The first kappa shape index (κ1) is 19.4. The van der Waals surface area contributed by atoms with E-state index in [9.17, 15) is 13.2 Å². The summed E-state index contributed by atoms with van der Waals surface area (Å²) in [5.41, 5.74) is 2.89. The molecule has 0 bridgehead atoms. The Hall–Kier alpha value is -2.38. The molecule has 1 aliphatic rings. The second-order valence-electron chi connectivity index (χ2n) is 6.73. The normalized spacial score (nSPS) is 15.5. The fourth-order valence-electron chi connectivity index (χ4n) is 3.18. The van der Waals surface area contributed by atoms with Crippen LogP contribution in [0.4, 0.5) is 11.4 Å². The highest BCUT2D eigenvalue weighted by Crippen LogP contribution is 2.21. The summed E-state index contributed by atoms with van der Waals surface area (Å²) in [6.07, 6.45) is 2.38. The van der Waals surface area contributed by atoms with Crippen LogP contribution in [0.25, 0.3) is 0 Å². The van der Waals surface area contributed by atoms with Gasteiger partial charge in [-0.05, 0) is 30.2 Å². The molecule has 27 heavy (non-hydrogen) atoms. The van der Waals surface area contributed by atoms with Crippen LogP contribution in [0.2, 0.25) is 0 Å². The molecule has 1 N–H and O–H groups in total. The Morgan fingerprint density at radius 2 is 1.70 bits per heavy atom. The lowest BCUT2D eigenvalue weighted by atomic mass is 10.1. The van der Waals surface area contributed by atoms with E-state index in [4.69, 9.17) is 0 Å². The Balaban J connectivity index is 1.55. The molecule has 1 saturated heterocycles. The molecule has 0 saturated carbocycles. The number of nitrogens with zero attached hydrogens (tertiary/aromatic N) is 2. The number of aryl methyl sites for hydroxylation is 1. The molecular formula is C20H25N3O3S. The second kappa shape index (κ2) is 8.54. The molecule has 0 unspecified atom stereocenters. The van der Waals surface area contributed by atoms with Crippen LogP contribution in [0.1, 0.15) is 12.0 Å². The fourth-order valence-corrected chi connectivity index (χ4v) is 4.01. The van der Waals surface area contributed by atoms with Crippen molar-refractivity contribution in [3.8, 4) is 0 Å². The molecule has 2 aromatic rings. The number of benzene rings is 2. The summed E-state index contributed by atoms with van der Waals surface area (Å²) in [7, 11) is -3.14. The minimum atomic E-state index is -3.14. The van der Waals surface area contributed by atoms with E-state index < -0.39 is 10.0 Å². The van der Waals surface area contributed by atoms with Crippen molar-refractivity contribution >= 4 is 27.3 Å². The van der Waals surface area contributed by atoms with Gasteiger partial charge in [0.2, 0.25) is 15.9 Å². The number of hydrogen-bond donors (Lipinski definition) is 1. The van der Waals surface area contributed by atoms with Gasteiger partial charge in [0.05, 0.1) is 6.26 Å². The van der Waals surface area contributed by atoms with Crippen LogP contribution in [-0.4, -0.2) is 51.1 Å². The SMILES string of the molecule is CS(=O)(=O)N1CCN(c2cccc(NC(=O)CCc3ccccc3)c2)CC1. The number of sulfonamides is 1. The predicted octanol–water partition coefficient (Wildman–Crippen LogP) is 2.34. The Morgan fingerprint density at radius 3 is 2.37 bits per heavy atom. The highest BCUT2D eigenvalue weighted by Gasteiger charge is 2.23. The summed E-state index contributed by atoms with van der Waals surface area (Å²) in [5, 5.41) is 2.95. The smallest absolute Gasteiger partial charge is 0.224 e. The first-order chi connectivity index (χ1) is 12.9. The molecule has 0 atom stereocenters. The molecule has 1 aliphatic heterocycles. The average molecular weight is 388 g/mol. The van der Waals surface area contributed by atoms with Crippen LogP contribution in [0.15, 0.2) is 54.6 Å². The van der Waals surface area contributed by atoms with Crippen molar-refractivity contribution < 1.29 is 13.2 Å². The molecular weight excluding hydrogens is 362 g/mol. The van der Waals surface area contributed by atoms with Crippen LogP contribution in [-0.2, 0) is 21.2 Å². The number of anilines is 2. The van der Waals surface area contributed by atoms with Gasteiger partial charge in [0.25, 0.3) is 0 Å². The quantitative estimate of drug-likeness (QED) is 0.826. The van der Waals surface area contributed by atoms with Gasteiger partial charge >= 0.3 is 0 Å². The lowest BCUT2D eigenvalue weighted by Gasteiger charge is -2.34. The van der Waals surface area contributed by atoms with E-state index in [1.54, 1.807) is 0 Å². The van der Waals surface area contributed by atoms with E-state index in [2.05, 4.69) is 10.2 Å². The van der Waals surface area contributed by atoms with E-state index in [1.807, 2.05) is 54.6 Å². The Kier molecular flexibility index (Phi) is 6.13. The molecule has 7 heteroatoms. The molecule has 6 nitrogen and oxygen atoms in total. The summed E-state index contributed by atoms with van der Waals surface area (Å²) in [5.74, 6) is -0.0158. The van der Waals surface area contributed by atoms with Crippen LogP contribution >= 0.6 is 0 Å². The van der Waals surface area contributed by atoms with Crippen LogP contribution in [0.3, 0.4) is 0 Å². The van der Waals surface area contributed by atoms with E-state index >= 15 is 0 Å². The largest absolute Gasteiger partial charge is 0.369 e. The standard InChI is InChI=1S/C20H25N3O3S/c1-27(25,26)23-14-12-22(13-15-23)19-9-5-8-18(16-19)21-20(24)11-10-17-6-3-2-4-7-17/h2-9,16H,10-15H2,1H3,(H,21,24). The molecule has 1 amide bonds. The maximum Gasteiger partial charge on any atom is 0.224 e. The lowest BCUT2D eigenvalue weighted by Crippen LogP contribution is -2.48. The van der Waals surface area contributed by atoms with Gasteiger partial charge in [0.1, 0.15) is 0 Å². The molecule has 0 aromatic heterocycles. The van der Waals surface area contributed by atoms with E-state index in [0.717, 1.165) is 16.9 Å². The number of hydrogen-bond acceptors (Lipinski definition) is 4. The number of amides is 1. The van der Waals surface area contributed by atoms with Gasteiger partial charge in [0.15, 0.2) is 0 Å². The summed E-state index contributed by atoms with van der Waals surface area (Å²) in [6, 6.07) is 17.6. The lowest BCUT2D eigenvalue weighted by molar-refractivity contribution is -0.116. The minimum Gasteiger partial charge on any atom is -0.369 e. The average Bonchev–Trinajstić information content (AvgIpc) is 2.67. The Bertz CT molecular complexity index is 876. The Morgan fingerprint density at radius 1 is 1.00 bits per heavy atom. The molecule has 0 radical (unpaired) electrons. The van der Waals surface area contributed by atoms with Crippen LogP contribution in [0, 0.1) is 0 Å². The highest BCUT2D eigenvalue weighted by molar-refractivity contribution is 7.88. The molecule has 1 heterocycles. The minimum absolute atomic E-state index is 0.0158. The predicted molar refractivity (Wildman–Crippen MR) is 108 cm³/mol. The zero-order valence-corrected chi connectivity index (χ0v) is 16.3. The fraction of sp³-hybridized carbons (Fsp3) is 0.350. The summed E-state index contributed by atoms with van der Waals surface area (Å²) in [6.45, 7) is 2.23. The summed E-state index contributed by atoms with van der Waals surface area (Å²) < 4.78 is 24.8. The number of nitrogens with one attached hydrogen (secondary N) is 1. The van der Waals surface area contributed by atoms with Gasteiger partial charge in [-0.1, -0.05) is 36.4 Å². The van der Waals surface area contributed by atoms with Crippen LogP contribution in [0.5, 0.6) is 0 Å². The maximum atomic E-state index is 12.2. The topological polar surface area (TPSA) is 69.7 Å². The van der Waals surface area contributed by atoms with Crippen molar-refractivity contribution in [1.82, 2.24) is 4.31 Å². The highest BCUT2D eigenvalue weighted by atomic mass is 32.2. The van der Waals surface area contributed by atoms with Crippen LogP contribution < -0.4 is 10.2 Å². The maximum absolute atomic E-state index is 12.2. The number of rotatable bonds is 6. The van der Waals surface area contributed by atoms with Crippen molar-refractivity contribution in [2.45, 2.75) is 12.8 Å². The third-order valence-electron chi connectivity index (χ3n) is 4.69. The van der Waals surface area contributed by atoms with Gasteiger partial charge in [-0.25, -0.2) is 8.42 Å². The van der Waals surface area contributed by atoms with Crippen molar-refractivity contribution in [2.24, 2.45) is 0 Å². The zero-order valence-electron chi connectivity index (χ0n) is 15.5. The van der Waals surface area contributed by atoms with Gasteiger partial charge in [0, 0.05) is 44.0 Å². The first-order valence-corrected chi connectivity index (χ1v) is 10.9. The van der Waals surface area contributed by atoms with Gasteiger partial charge in [-0.2, -0.15) is 4.31 Å². The molecule has 2 aromatic carbocycles. The monoisotopic (exact) mass is 387 g/mol. The number of carbonyl (C=O) groups excluding carboxylic acids is 1. The zero-order chi connectivity index (χ0) is 19.3. The van der Waals surface area contributed by atoms with E-state index in [0.29, 0.717) is 39.0 Å². The second-order valence-corrected chi connectivity index (χ2v) is 8.72. The Labute approximate surface area is 160 Å². The van der Waals surface area contributed by atoms with E-state index in [1.165, 1.54) is 10.6 Å². The van der Waals surface area contributed by atoms with Crippen molar-refractivity contribution in [1.29, 1.82) is 0 Å². The molecule has 0 spiro atoms. The van der Waals surface area contributed by atoms with Gasteiger partial charge in [-0.3, -0.25) is 4.79 Å². The van der Waals surface area contributed by atoms with Crippen molar-refractivity contribution in [3.05, 3.63) is 60.2 Å². The third-order valence-corrected chi connectivity index (χ3v) is 5.99. The van der Waals surface area contributed by atoms with Gasteiger partial charge in [-0.15, -0.1) is 0 Å². The van der Waals surface area contributed by atoms with E-state index in [-0.39, 0.29) is 5.91 Å². The molecule has 0 aliphatic carbocycles. The molecule has 3 rings (SSSR count). The summed E-state index contributed by atoms with van der Waals surface area (Å²) in [4.78, 5) is 14.4.